The van der Waals surface area contributed by atoms with E-state index in [9.17, 15) is 0 Å². The van der Waals surface area contributed by atoms with Crippen molar-refractivity contribution in [3.05, 3.63) is 17.5 Å². The van der Waals surface area contributed by atoms with Crippen molar-refractivity contribution in [2.24, 2.45) is 4.99 Å². The van der Waals surface area contributed by atoms with Crippen LogP contribution in [0, 0.1) is 12.3 Å². The maximum atomic E-state index is 5.24. The minimum absolute atomic E-state index is 0.778. The number of rotatable bonds is 5. The molecule has 2 rings (SSSR count). The van der Waals surface area contributed by atoms with Gasteiger partial charge in [0.15, 0.2) is 5.96 Å². The fourth-order valence-electron chi connectivity index (χ4n) is 2.29. The number of guanidine groups is 1. The summed E-state index contributed by atoms with van der Waals surface area (Å²) in [7, 11) is 1.85. The maximum Gasteiger partial charge on any atom is 0.193 e. The second kappa shape index (κ2) is 8.85. The summed E-state index contributed by atoms with van der Waals surface area (Å²) in [6, 6.07) is 4.30. The molecule has 0 saturated carbocycles. The molecule has 21 heavy (non-hydrogen) atoms. The molecular formula is C15H22N4S2. The minimum Gasteiger partial charge on any atom is -0.360 e. The molecule has 4 nitrogen and oxygen atoms in total. The van der Waals surface area contributed by atoms with Gasteiger partial charge in [0.05, 0.1) is 10.8 Å². The Balaban J connectivity index is 1.73. The van der Waals surface area contributed by atoms with Gasteiger partial charge in [-0.25, -0.2) is 0 Å². The third-order valence-corrected chi connectivity index (χ3v) is 5.12. The molecule has 0 unspecified atom stereocenters. The van der Waals surface area contributed by atoms with E-state index in [1.54, 1.807) is 11.8 Å². The lowest BCUT2D eigenvalue weighted by atomic mass is 10.3. The van der Waals surface area contributed by atoms with Crippen LogP contribution in [0.3, 0.4) is 0 Å². The fraction of sp³-hybridized carbons (Fsp3) is 0.533. The lowest BCUT2D eigenvalue weighted by Crippen LogP contribution is -2.52. The first kappa shape index (κ1) is 16.1. The van der Waals surface area contributed by atoms with Gasteiger partial charge in [-0.1, -0.05) is 5.92 Å². The van der Waals surface area contributed by atoms with Gasteiger partial charge in [0.25, 0.3) is 0 Å². The molecule has 1 N–H and O–H groups in total. The Hall–Kier alpha value is -1.32. The summed E-state index contributed by atoms with van der Waals surface area (Å²) in [6.07, 6.45) is 5.24. The molecule has 1 aromatic heterocycles. The maximum absolute atomic E-state index is 5.24. The summed E-state index contributed by atoms with van der Waals surface area (Å²) >= 11 is 3.58. The summed E-state index contributed by atoms with van der Waals surface area (Å²) < 4.78 is 0. The summed E-state index contributed by atoms with van der Waals surface area (Å²) in [6.45, 7) is 5.02. The summed E-state index contributed by atoms with van der Waals surface area (Å²) in [5.74, 6) is 5.43. The van der Waals surface area contributed by atoms with Crippen molar-refractivity contribution in [3.63, 3.8) is 0 Å². The molecule has 1 fully saturated rings. The molecule has 0 atom stereocenters. The quantitative estimate of drug-likeness (QED) is 0.388. The van der Waals surface area contributed by atoms with E-state index >= 15 is 0 Å². The van der Waals surface area contributed by atoms with Gasteiger partial charge in [0.2, 0.25) is 0 Å². The van der Waals surface area contributed by atoms with Crippen molar-refractivity contribution >= 4 is 34.1 Å². The van der Waals surface area contributed by atoms with Crippen LogP contribution < -0.4 is 10.2 Å². The van der Waals surface area contributed by atoms with Crippen LogP contribution in [0.4, 0.5) is 5.00 Å². The normalized spacial score (nSPS) is 15.9. The Morgan fingerprint density at radius 1 is 1.48 bits per heavy atom. The number of anilines is 1. The van der Waals surface area contributed by atoms with Gasteiger partial charge >= 0.3 is 0 Å². The SMILES string of the molecule is C#CCSCCNC(=NC)N1CCN(c2cccs2)CC1. The average Bonchev–Trinajstić information content (AvgIpc) is 3.06. The largest absolute Gasteiger partial charge is 0.360 e. The van der Waals surface area contributed by atoms with Gasteiger partial charge in [-0.05, 0) is 17.5 Å². The Bertz CT molecular complexity index is 470. The molecule has 0 amide bonds. The Kier molecular flexibility index (Phi) is 6.77. The zero-order valence-electron chi connectivity index (χ0n) is 12.4. The van der Waals surface area contributed by atoms with Crippen molar-refractivity contribution < 1.29 is 0 Å². The molecule has 2 heterocycles. The van der Waals surface area contributed by atoms with Crippen LogP contribution in [-0.4, -0.2) is 62.1 Å². The van der Waals surface area contributed by atoms with Crippen molar-refractivity contribution in [3.8, 4) is 12.3 Å². The lowest BCUT2D eigenvalue weighted by molar-refractivity contribution is 0.374. The second-order valence-corrected chi connectivity index (χ2v) is 6.69. The highest BCUT2D eigenvalue weighted by atomic mass is 32.2. The average molecular weight is 323 g/mol. The van der Waals surface area contributed by atoms with E-state index in [0.29, 0.717) is 0 Å². The molecule has 6 heteroatoms. The van der Waals surface area contributed by atoms with E-state index < -0.39 is 0 Å². The Morgan fingerprint density at radius 2 is 2.29 bits per heavy atom. The molecule has 1 aliphatic heterocycles. The molecular weight excluding hydrogens is 300 g/mol. The zero-order chi connectivity index (χ0) is 14.9. The monoisotopic (exact) mass is 322 g/mol. The second-order valence-electron chi connectivity index (χ2n) is 4.66. The van der Waals surface area contributed by atoms with Crippen LogP contribution >= 0.6 is 23.1 Å². The molecule has 1 aliphatic rings. The standard InChI is InChI=1S/C15H22N4S2/c1-3-11-20-13-6-17-15(16-2)19-9-7-18(8-10-19)14-5-4-12-21-14/h1,4-5,12H,6-11,13H2,2H3,(H,16,17). The number of hydrogen-bond acceptors (Lipinski definition) is 4. The third kappa shape index (κ3) is 4.87. The summed E-state index contributed by atoms with van der Waals surface area (Å²) in [4.78, 5) is 9.15. The summed E-state index contributed by atoms with van der Waals surface area (Å²) in [5, 5.41) is 6.92. The molecule has 0 spiro atoms. The molecule has 114 valence electrons. The molecule has 0 radical (unpaired) electrons. The summed E-state index contributed by atoms with van der Waals surface area (Å²) in [5.41, 5.74) is 0. The number of hydrogen-bond donors (Lipinski definition) is 1. The van der Waals surface area contributed by atoms with Crippen LogP contribution in [0.15, 0.2) is 22.5 Å². The van der Waals surface area contributed by atoms with Gasteiger partial charge in [-0.2, -0.15) is 0 Å². The number of piperazine rings is 1. The van der Waals surface area contributed by atoms with Gasteiger partial charge in [0.1, 0.15) is 0 Å². The van der Waals surface area contributed by atoms with E-state index in [0.717, 1.165) is 50.2 Å². The van der Waals surface area contributed by atoms with E-state index in [1.807, 2.05) is 18.4 Å². The van der Waals surface area contributed by atoms with Crippen LogP contribution in [0.1, 0.15) is 0 Å². The van der Waals surface area contributed by atoms with Crippen molar-refractivity contribution in [1.82, 2.24) is 10.2 Å². The van der Waals surface area contributed by atoms with Gasteiger partial charge in [0, 0.05) is 45.5 Å². The first-order chi connectivity index (χ1) is 10.3. The molecule has 0 bridgehead atoms. The van der Waals surface area contributed by atoms with Crippen molar-refractivity contribution in [1.29, 1.82) is 0 Å². The van der Waals surface area contributed by atoms with E-state index in [2.05, 4.69) is 43.5 Å². The number of terminal acetylenes is 1. The van der Waals surface area contributed by atoms with Crippen LogP contribution in [0.5, 0.6) is 0 Å². The Labute approximate surface area is 135 Å². The predicted octanol–water partition coefficient (Wildman–Crippen LogP) is 1.81. The predicted molar refractivity (Wildman–Crippen MR) is 95.6 cm³/mol. The highest BCUT2D eigenvalue weighted by molar-refractivity contribution is 7.99. The van der Waals surface area contributed by atoms with E-state index in [1.165, 1.54) is 5.00 Å². The number of thiophene rings is 1. The number of nitrogens with zero attached hydrogens (tertiary/aromatic N) is 3. The number of nitrogens with one attached hydrogen (secondary N) is 1. The van der Waals surface area contributed by atoms with Crippen LogP contribution in [0.2, 0.25) is 0 Å². The smallest absolute Gasteiger partial charge is 0.193 e. The van der Waals surface area contributed by atoms with E-state index in [-0.39, 0.29) is 0 Å². The Morgan fingerprint density at radius 3 is 2.90 bits per heavy atom. The third-order valence-electron chi connectivity index (χ3n) is 3.32. The molecule has 0 aliphatic carbocycles. The first-order valence-electron chi connectivity index (χ1n) is 7.10. The van der Waals surface area contributed by atoms with Crippen molar-refractivity contribution in [2.45, 2.75) is 0 Å². The fourth-order valence-corrected chi connectivity index (χ4v) is 3.58. The lowest BCUT2D eigenvalue weighted by Gasteiger charge is -2.37. The van der Waals surface area contributed by atoms with Gasteiger partial charge in [-0.15, -0.1) is 29.5 Å². The molecule has 1 aromatic rings. The topological polar surface area (TPSA) is 30.9 Å². The van der Waals surface area contributed by atoms with Crippen molar-refractivity contribution in [2.75, 3.05) is 56.2 Å². The van der Waals surface area contributed by atoms with Gasteiger partial charge < -0.3 is 15.1 Å². The van der Waals surface area contributed by atoms with Crippen LogP contribution in [0.25, 0.3) is 0 Å². The number of thioether (sulfide) groups is 1. The van der Waals surface area contributed by atoms with E-state index in [4.69, 9.17) is 6.42 Å². The highest BCUT2D eigenvalue weighted by Gasteiger charge is 2.19. The van der Waals surface area contributed by atoms with Gasteiger partial charge in [-0.3, -0.25) is 4.99 Å². The van der Waals surface area contributed by atoms with Crippen LogP contribution in [-0.2, 0) is 0 Å². The molecule has 1 saturated heterocycles. The minimum atomic E-state index is 0.778. The zero-order valence-corrected chi connectivity index (χ0v) is 14.1. The highest BCUT2D eigenvalue weighted by Crippen LogP contribution is 2.22. The first-order valence-corrected chi connectivity index (χ1v) is 9.14. The number of aliphatic imine (C=N–C) groups is 1. The molecule has 0 aromatic carbocycles.